The third-order valence-corrected chi connectivity index (χ3v) is 4.25. The minimum absolute atomic E-state index is 0.0307. The topological polar surface area (TPSA) is 47.8 Å². The molecule has 1 atom stereocenters. The number of nitrogens with zero attached hydrogens (tertiary/aromatic N) is 3. The van der Waals surface area contributed by atoms with E-state index in [9.17, 15) is 4.79 Å². The average molecular weight is 389 g/mol. The van der Waals surface area contributed by atoms with Gasteiger partial charge in [0.25, 0.3) is 5.56 Å². The van der Waals surface area contributed by atoms with Gasteiger partial charge in [0.1, 0.15) is 5.82 Å². The maximum Gasteiger partial charge on any atom is 0.263 e. The molecule has 0 aromatic carbocycles. The van der Waals surface area contributed by atoms with Crippen molar-refractivity contribution >= 4 is 42.9 Å². The molecular weight excluding hydrogens is 374 g/mol. The van der Waals surface area contributed by atoms with Crippen molar-refractivity contribution in [3.63, 3.8) is 0 Å². The van der Waals surface area contributed by atoms with Crippen molar-refractivity contribution in [1.29, 1.82) is 0 Å². The van der Waals surface area contributed by atoms with Crippen molar-refractivity contribution in [2.24, 2.45) is 0 Å². The summed E-state index contributed by atoms with van der Waals surface area (Å²) in [7, 11) is 0. The number of fused-ring (bicyclic) bond motifs is 1. The Morgan fingerprint density at radius 2 is 2.16 bits per heavy atom. The number of aromatic nitrogens is 3. The lowest BCUT2D eigenvalue weighted by Gasteiger charge is -2.15. The highest BCUT2D eigenvalue weighted by atomic mass is 79.9. The van der Waals surface area contributed by atoms with Crippen LogP contribution >= 0.6 is 31.9 Å². The van der Waals surface area contributed by atoms with Crippen LogP contribution < -0.4 is 5.56 Å². The molecule has 2 aromatic rings. The highest BCUT2D eigenvalue weighted by Gasteiger charge is 2.17. The highest BCUT2D eigenvalue weighted by molar-refractivity contribution is 9.10. The molecule has 1 unspecified atom stereocenters. The molecule has 0 N–H and O–H groups in total. The number of hydrogen-bond acceptors (Lipinski definition) is 3. The van der Waals surface area contributed by atoms with Crippen LogP contribution in [-0.2, 0) is 6.54 Å². The summed E-state index contributed by atoms with van der Waals surface area (Å²) in [6.07, 6.45) is 3.63. The molecule has 2 aromatic heterocycles. The van der Waals surface area contributed by atoms with Gasteiger partial charge < -0.3 is 0 Å². The Kier molecular flexibility index (Phi) is 4.73. The summed E-state index contributed by atoms with van der Waals surface area (Å²) in [6, 6.07) is 1.77. The monoisotopic (exact) mass is 387 g/mol. The van der Waals surface area contributed by atoms with Gasteiger partial charge in [-0.25, -0.2) is 9.97 Å². The van der Waals surface area contributed by atoms with Gasteiger partial charge in [0.2, 0.25) is 0 Å². The maximum absolute atomic E-state index is 12.5. The molecule has 2 rings (SSSR count). The van der Waals surface area contributed by atoms with Crippen molar-refractivity contribution in [1.82, 2.24) is 14.5 Å². The smallest absolute Gasteiger partial charge is 0.263 e. The fourth-order valence-corrected chi connectivity index (χ4v) is 3.16. The summed E-state index contributed by atoms with van der Waals surface area (Å²) < 4.78 is 2.50. The second kappa shape index (κ2) is 6.13. The third kappa shape index (κ3) is 2.89. The molecule has 0 saturated carbocycles. The second-order valence-electron chi connectivity index (χ2n) is 4.30. The Hall–Kier alpha value is -0.750. The molecule has 0 amide bonds. The molecule has 2 heterocycles. The number of halogens is 2. The zero-order valence-corrected chi connectivity index (χ0v) is 14.0. The average Bonchev–Trinajstić information content (AvgIpc) is 2.39. The molecule has 4 nitrogen and oxygen atoms in total. The largest absolute Gasteiger partial charge is 0.295 e. The second-order valence-corrected chi connectivity index (χ2v) is 6.32. The Morgan fingerprint density at radius 1 is 1.42 bits per heavy atom. The van der Waals surface area contributed by atoms with Gasteiger partial charge in [0.05, 0.1) is 10.2 Å². The van der Waals surface area contributed by atoms with Crippen molar-refractivity contribution in [3.8, 4) is 0 Å². The standard InChI is InChI=1S/C13H15Br2N3O/c1-3-5-10(15)12-17-11-9(6-8(14)7-16-11)13(19)18(12)4-2/h6-7,10H,3-5H2,1-2H3. The zero-order valence-electron chi connectivity index (χ0n) is 10.9. The first-order valence-corrected chi connectivity index (χ1v) is 7.99. The van der Waals surface area contributed by atoms with Crippen LogP contribution in [0.2, 0.25) is 0 Å². The fraction of sp³-hybridized carbons (Fsp3) is 0.462. The lowest BCUT2D eigenvalue weighted by Crippen LogP contribution is -2.25. The molecule has 0 fully saturated rings. The molecule has 0 saturated heterocycles. The quantitative estimate of drug-likeness (QED) is 0.748. The van der Waals surface area contributed by atoms with E-state index in [1.807, 2.05) is 6.92 Å². The Bertz CT molecular complexity index is 654. The minimum atomic E-state index is -0.0307. The molecule has 19 heavy (non-hydrogen) atoms. The minimum Gasteiger partial charge on any atom is -0.295 e. The van der Waals surface area contributed by atoms with Crippen molar-refractivity contribution in [3.05, 3.63) is 32.9 Å². The Balaban J connectivity index is 2.71. The van der Waals surface area contributed by atoms with E-state index in [2.05, 4.69) is 48.8 Å². The fourth-order valence-electron chi connectivity index (χ4n) is 2.02. The molecule has 0 bridgehead atoms. The van der Waals surface area contributed by atoms with E-state index < -0.39 is 0 Å². The number of hydrogen-bond donors (Lipinski definition) is 0. The summed E-state index contributed by atoms with van der Waals surface area (Å²) in [5, 5.41) is 0.552. The Morgan fingerprint density at radius 3 is 2.79 bits per heavy atom. The van der Waals surface area contributed by atoms with E-state index >= 15 is 0 Å². The van der Waals surface area contributed by atoms with Crippen molar-refractivity contribution in [2.45, 2.75) is 38.1 Å². The van der Waals surface area contributed by atoms with Crippen LogP contribution in [0.25, 0.3) is 11.0 Å². The van der Waals surface area contributed by atoms with Crippen LogP contribution in [-0.4, -0.2) is 14.5 Å². The molecule has 102 valence electrons. The molecule has 6 heteroatoms. The van der Waals surface area contributed by atoms with E-state index in [0.29, 0.717) is 17.6 Å². The normalized spacial score (nSPS) is 12.8. The van der Waals surface area contributed by atoms with Crippen LogP contribution in [0.5, 0.6) is 0 Å². The van der Waals surface area contributed by atoms with Gasteiger partial charge in [-0.1, -0.05) is 29.3 Å². The van der Waals surface area contributed by atoms with E-state index in [0.717, 1.165) is 23.1 Å². The third-order valence-electron chi connectivity index (χ3n) is 2.94. The van der Waals surface area contributed by atoms with Crippen LogP contribution in [0.3, 0.4) is 0 Å². The van der Waals surface area contributed by atoms with E-state index in [-0.39, 0.29) is 10.4 Å². The van der Waals surface area contributed by atoms with E-state index in [4.69, 9.17) is 0 Å². The van der Waals surface area contributed by atoms with Crippen molar-refractivity contribution in [2.75, 3.05) is 0 Å². The number of alkyl halides is 1. The lowest BCUT2D eigenvalue weighted by atomic mass is 10.2. The SMILES string of the molecule is CCCC(Br)c1nc2ncc(Br)cc2c(=O)n1CC. The first-order chi connectivity index (χ1) is 9.08. The first-order valence-electron chi connectivity index (χ1n) is 6.28. The molecule has 0 aliphatic heterocycles. The van der Waals surface area contributed by atoms with Gasteiger partial charge in [0.15, 0.2) is 5.65 Å². The van der Waals surface area contributed by atoms with E-state index in [1.165, 1.54) is 0 Å². The lowest BCUT2D eigenvalue weighted by molar-refractivity contribution is 0.625. The van der Waals surface area contributed by atoms with E-state index in [1.54, 1.807) is 16.8 Å². The zero-order chi connectivity index (χ0) is 14.0. The molecule has 0 aliphatic rings. The van der Waals surface area contributed by atoms with Crippen molar-refractivity contribution < 1.29 is 0 Å². The summed E-state index contributed by atoms with van der Waals surface area (Å²) in [5.74, 6) is 0.761. The maximum atomic E-state index is 12.5. The van der Waals surface area contributed by atoms with Gasteiger partial charge in [-0.05, 0) is 35.3 Å². The molecule has 0 spiro atoms. The summed E-state index contributed by atoms with van der Waals surface area (Å²) in [4.78, 5) is 21.3. The predicted octanol–water partition coefficient (Wildman–Crippen LogP) is 3.81. The van der Waals surface area contributed by atoms with Gasteiger partial charge in [-0.15, -0.1) is 0 Å². The van der Waals surface area contributed by atoms with Crippen LogP contribution in [0.15, 0.2) is 21.5 Å². The molecule has 0 radical (unpaired) electrons. The van der Waals surface area contributed by atoms with Crippen LogP contribution in [0.4, 0.5) is 0 Å². The number of rotatable bonds is 4. The summed E-state index contributed by atoms with van der Waals surface area (Å²) in [5.41, 5.74) is 0.477. The molecule has 0 aliphatic carbocycles. The first kappa shape index (κ1) is 14.7. The van der Waals surface area contributed by atoms with Gasteiger partial charge in [0, 0.05) is 17.2 Å². The predicted molar refractivity (Wildman–Crippen MR) is 83.7 cm³/mol. The Labute approximate surface area is 128 Å². The summed E-state index contributed by atoms with van der Waals surface area (Å²) in [6.45, 7) is 4.67. The van der Waals surface area contributed by atoms with Gasteiger partial charge in [-0.2, -0.15) is 0 Å². The summed E-state index contributed by atoms with van der Waals surface area (Å²) >= 11 is 6.95. The molecular formula is C13H15Br2N3O. The van der Waals surface area contributed by atoms with Crippen LogP contribution in [0.1, 0.15) is 37.3 Å². The number of pyridine rings is 1. The van der Waals surface area contributed by atoms with Crippen LogP contribution in [0, 0.1) is 0 Å². The van der Waals surface area contributed by atoms with Gasteiger partial charge in [-0.3, -0.25) is 9.36 Å². The highest BCUT2D eigenvalue weighted by Crippen LogP contribution is 2.26. The van der Waals surface area contributed by atoms with Gasteiger partial charge >= 0.3 is 0 Å².